The van der Waals surface area contributed by atoms with Crippen LogP contribution in [0.15, 0.2) is 46.1 Å². The van der Waals surface area contributed by atoms with Crippen LogP contribution >= 0.6 is 0 Å². The number of aromatic nitrogens is 1. The molecule has 0 saturated carbocycles. The van der Waals surface area contributed by atoms with Gasteiger partial charge in [-0.05, 0) is 62.7 Å². The minimum Gasteiger partial charge on any atom is -0.378 e. The van der Waals surface area contributed by atoms with Gasteiger partial charge in [-0.2, -0.15) is 0 Å². The summed E-state index contributed by atoms with van der Waals surface area (Å²) < 4.78 is 57.3. The van der Waals surface area contributed by atoms with Crippen molar-refractivity contribution in [2.24, 2.45) is 12.8 Å². The number of hydrogen-bond acceptors (Lipinski definition) is 5. The first kappa shape index (κ1) is 27.4. The van der Waals surface area contributed by atoms with Crippen molar-refractivity contribution in [3.05, 3.63) is 75.3 Å². The van der Waals surface area contributed by atoms with E-state index in [1.807, 2.05) is 6.92 Å². The summed E-state index contributed by atoms with van der Waals surface area (Å²) in [5, 5.41) is 3.07. The van der Waals surface area contributed by atoms with Gasteiger partial charge in [0.05, 0.1) is 21.4 Å². The first-order valence-corrected chi connectivity index (χ1v) is 12.3. The van der Waals surface area contributed by atoms with Crippen molar-refractivity contribution in [2.75, 3.05) is 36.1 Å². The van der Waals surface area contributed by atoms with Gasteiger partial charge in [-0.3, -0.25) is 13.6 Å². The van der Waals surface area contributed by atoms with Crippen LogP contribution in [0.3, 0.4) is 0 Å². The number of benzene rings is 1. The Kier molecular flexibility index (Phi) is 9.69. The molecule has 2 rings (SSSR count). The fraction of sp³-hybridized carbons (Fsp3) is 0.375. The molecule has 2 aromatic rings. The predicted molar refractivity (Wildman–Crippen MR) is 132 cm³/mol. The number of nitrogens with two attached hydrogens (primary N) is 1. The molecule has 34 heavy (non-hydrogen) atoms. The van der Waals surface area contributed by atoms with E-state index in [2.05, 4.69) is 5.32 Å². The second kappa shape index (κ2) is 12.0. The largest absolute Gasteiger partial charge is 0.378 e. The Balaban J connectivity index is 2.78. The zero-order valence-corrected chi connectivity index (χ0v) is 20.8. The van der Waals surface area contributed by atoms with Gasteiger partial charge in [-0.25, -0.2) is 13.2 Å². The number of aryl methyl sites for hydroxylation is 1. The van der Waals surface area contributed by atoms with Gasteiger partial charge < -0.3 is 16.0 Å². The number of likely N-dealkylation sites (N-methyl/N-ethyl adjacent to an activating group) is 1. The van der Waals surface area contributed by atoms with E-state index in [-0.39, 0.29) is 28.4 Å². The summed E-state index contributed by atoms with van der Waals surface area (Å²) in [4.78, 5) is 14.6. The van der Waals surface area contributed by atoms with Gasteiger partial charge in [-0.15, -0.1) is 0 Å². The van der Waals surface area contributed by atoms with Crippen LogP contribution in [0.1, 0.15) is 31.0 Å². The Morgan fingerprint density at radius 2 is 1.82 bits per heavy atom. The molecule has 0 saturated heterocycles. The molecule has 0 spiro atoms. The molecule has 10 heteroatoms. The zero-order valence-electron chi connectivity index (χ0n) is 20.0. The molecule has 0 aliphatic rings. The van der Waals surface area contributed by atoms with Crippen molar-refractivity contribution in [1.29, 1.82) is 0 Å². The number of rotatable bonds is 8. The Morgan fingerprint density at radius 1 is 1.15 bits per heavy atom. The highest BCUT2D eigenvalue weighted by atomic mass is 32.2. The van der Waals surface area contributed by atoms with Gasteiger partial charge >= 0.3 is 0 Å². The Bertz CT molecular complexity index is 1190. The molecule has 0 aliphatic carbocycles. The minimum absolute atomic E-state index is 0.0169. The van der Waals surface area contributed by atoms with E-state index in [0.29, 0.717) is 18.8 Å². The fourth-order valence-electron chi connectivity index (χ4n) is 3.60. The fourth-order valence-corrected chi connectivity index (χ4v) is 4.31. The smallest absolute Gasteiger partial charge is 0.254 e. The van der Waals surface area contributed by atoms with Crippen LogP contribution < -0.4 is 21.5 Å². The van der Waals surface area contributed by atoms with Crippen LogP contribution in [0, 0.1) is 24.4 Å². The van der Waals surface area contributed by atoms with Gasteiger partial charge in [0.1, 0.15) is 17.5 Å². The summed E-state index contributed by atoms with van der Waals surface area (Å²) in [6.45, 7) is 5.87. The number of nitrogens with zero attached hydrogens (tertiary/aromatic N) is 2. The van der Waals surface area contributed by atoms with Crippen LogP contribution in [0.25, 0.3) is 0 Å². The highest BCUT2D eigenvalue weighted by Gasteiger charge is 2.16. The van der Waals surface area contributed by atoms with Crippen molar-refractivity contribution in [2.45, 2.75) is 31.7 Å². The molecule has 1 aromatic carbocycles. The highest BCUT2D eigenvalue weighted by molar-refractivity contribution is 7.84. The molecule has 1 heterocycles. The molecule has 0 aliphatic heterocycles. The lowest BCUT2D eigenvalue weighted by Gasteiger charge is -2.24. The van der Waals surface area contributed by atoms with Gasteiger partial charge in [0.25, 0.3) is 5.56 Å². The topological polar surface area (TPSA) is 80.4 Å². The average molecular weight is 497 g/mol. The third kappa shape index (κ3) is 6.60. The maximum absolute atomic E-state index is 15.7. The summed E-state index contributed by atoms with van der Waals surface area (Å²) in [5.74, 6) is -2.00. The van der Waals surface area contributed by atoms with E-state index in [9.17, 15) is 17.8 Å². The second-order valence-corrected chi connectivity index (χ2v) is 9.21. The van der Waals surface area contributed by atoms with E-state index in [1.54, 1.807) is 11.8 Å². The molecule has 1 unspecified atom stereocenters. The van der Waals surface area contributed by atoms with Crippen LogP contribution in [-0.2, 0) is 17.8 Å². The standard InChI is InChI=1S/C24H31F3N4O2S/c1-6-31(10-9-28)23-20(27)13-17(12-19(26)11-15(2)24(32)30(23)4)16(3)29-21-8-7-18(25)14-22(21)34(5)33/h7-8,11-14,16,29H,6,9-10,28H2,1-5H3/t16-,34?/m1/s1. The van der Waals surface area contributed by atoms with E-state index in [0.717, 1.165) is 28.8 Å². The van der Waals surface area contributed by atoms with E-state index in [4.69, 9.17) is 5.73 Å². The van der Waals surface area contributed by atoms with Gasteiger partial charge in [0, 0.05) is 44.5 Å². The van der Waals surface area contributed by atoms with Crippen molar-refractivity contribution in [3.8, 4) is 0 Å². The molecular weight excluding hydrogens is 465 g/mol. The maximum Gasteiger partial charge on any atom is 0.254 e. The van der Waals surface area contributed by atoms with Crippen molar-refractivity contribution >= 4 is 22.3 Å². The van der Waals surface area contributed by atoms with Crippen LogP contribution in [0.2, 0.25) is 0 Å². The molecule has 3 N–H and O–H groups in total. The third-order valence-corrected chi connectivity index (χ3v) is 6.29. The Labute approximate surface area is 200 Å². The molecule has 0 fully saturated rings. The molecule has 186 valence electrons. The maximum atomic E-state index is 15.7. The minimum atomic E-state index is -1.49. The van der Waals surface area contributed by atoms with Crippen LogP contribution in [-0.4, -0.2) is 34.7 Å². The Hall–Kier alpha value is -2.85. The first-order valence-electron chi connectivity index (χ1n) is 10.8. The summed E-state index contributed by atoms with van der Waals surface area (Å²) in [5.41, 5.74) is 5.83. The molecule has 0 amide bonds. The monoisotopic (exact) mass is 496 g/mol. The third-order valence-electron chi connectivity index (χ3n) is 5.33. The molecule has 6 nitrogen and oxygen atoms in total. The summed E-state index contributed by atoms with van der Waals surface area (Å²) in [6.07, 6.45) is 1.42. The Morgan fingerprint density at radius 3 is 2.41 bits per heavy atom. The number of halogens is 3. The highest BCUT2D eigenvalue weighted by Crippen LogP contribution is 2.26. The summed E-state index contributed by atoms with van der Waals surface area (Å²) in [6, 6.07) is 6.49. The molecule has 0 radical (unpaired) electrons. The summed E-state index contributed by atoms with van der Waals surface area (Å²) in [7, 11) is -0.0694. The number of anilines is 2. The van der Waals surface area contributed by atoms with Crippen molar-refractivity contribution in [3.63, 3.8) is 0 Å². The van der Waals surface area contributed by atoms with Crippen molar-refractivity contribution < 1.29 is 17.4 Å². The quantitative estimate of drug-likeness (QED) is 0.579. The average Bonchev–Trinajstić information content (AvgIpc) is 2.77. The molecular formula is C24H31F3N4O2S. The van der Waals surface area contributed by atoms with Crippen LogP contribution in [0.5, 0.6) is 0 Å². The lowest BCUT2D eigenvalue weighted by atomic mass is 10.1. The van der Waals surface area contributed by atoms with E-state index >= 15 is 4.39 Å². The lowest BCUT2D eigenvalue weighted by molar-refractivity contribution is 0.590. The lowest BCUT2D eigenvalue weighted by Crippen LogP contribution is -2.34. The molecule has 1 aromatic heterocycles. The van der Waals surface area contributed by atoms with Crippen molar-refractivity contribution in [1.82, 2.24) is 4.57 Å². The number of nitrogens with one attached hydrogen (secondary N) is 1. The van der Waals surface area contributed by atoms with E-state index in [1.165, 1.54) is 32.4 Å². The second-order valence-electron chi connectivity index (χ2n) is 7.87. The van der Waals surface area contributed by atoms with Crippen LogP contribution in [0.4, 0.5) is 24.7 Å². The zero-order chi connectivity index (χ0) is 25.6. The normalized spacial score (nSPS) is 12.6. The molecule has 2 atom stereocenters. The summed E-state index contributed by atoms with van der Waals surface area (Å²) >= 11 is 0. The van der Waals surface area contributed by atoms with Gasteiger partial charge in [-0.1, -0.05) is 0 Å². The van der Waals surface area contributed by atoms with Gasteiger partial charge in [0.2, 0.25) is 0 Å². The first-order chi connectivity index (χ1) is 16.0. The molecule has 0 bridgehead atoms. The number of hydrogen-bond donors (Lipinski definition) is 2. The predicted octanol–water partition coefficient (Wildman–Crippen LogP) is 3.93. The SMILES string of the molecule is CCN(CCN)c1c(F)cc([C@@H](C)Nc2ccc(F)cc2S(C)=O)cc(F)cc(C)c(=O)n1C. The van der Waals surface area contributed by atoms with Gasteiger partial charge in [0.15, 0.2) is 5.82 Å². The van der Waals surface area contributed by atoms with E-state index < -0.39 is 39.9 Å².